The van der Waals surface area contributed by atoms with Gasteiger partial charge in [0, 0.05) is 18.6 Å². The molecule has 0 aliphatic rings. The van der Waals surface area contributed by atoms with Crippen LogP contribution in [0.3, 0.4) is 0 Å². The Bertz CT molecular complexity index is 567. The molecule has 1 N–H and O–H groups in total. The van der Waals surface area contributed by atoms with E-state index < -0.39 is 4.92 Å². The lowest BCUT2D eigenvalue weighted by atomic mass is 10.1. The van der Waals surface area contributed by atoms with E-state index in [4.69, 9.17) is 9.84 Å². The number of aliphatic hydroxyl groups excluding tert-OH is 1. The van der Waals surface area contributed by atoms with Crippen LogP contribution in [0.2, 0.25) is 0 Å². The fourth-order valence-corrected chi connectivity index (χ4v) is 1.66. The van der Waals surface area contributed by atoms with Crippen molar-refractivity contribution in [3.05, 3.63) is 64.0 Å². The van der Waals surface area contributed by atoms with Gasteiger partial charge in [-0.25, -0.2) is 0 Å². The molecular weight excluding hydrogens is 260 g/mol. The van der Waals surface area contributed by atoms with E-state index >= 15 is 0 Å². The normalized spacial score (nSPS) is 10.2. The van der Waals surface area contributed by atoms with Crippen LogP contribution in [0, 0.1) is 10.1 Å². The van der Waals surface area contributed by atoms with E-state index in [2.05, 4.69) is 4.98 Å². The Hall–Kier alpha value is -2.47. The Morgan fingerprint density at radius 3 is 2.50 bits per heavy atom. The summed E-state index contributed by atoms with van der Waals surface area (Å²) >= 11 is 0. The average molecular weight is 274 g/mol. The SMILES string of the molecule is O=[N+]([O-])c1ccc(CCOc2ccc(CO)nc2)cc1. The first-order valence-electron chi connectivity index (χ1n) is 6.11. The van der Waals surface area contributed by atoms with Crippen molar-refractivity contribution in [1.29, 1.82) is 0 Å². The van der Waals surface area contributed by atoms with E-state index in [1.54, 1.807) is 30.5 Å². The van der Waals surface area contributed by atoms with Gasteiger partial charge in [-0.15, -0.1) is 0 Å². The zero-order chi connectivity index (χ0) is 14.4. The number of non-ortho nitro benzene ring substituents is 1. The van der Waals surface area contributed by atoms with E-state index in [1.165, 1.54) is 12.1 Å². The maximum atomic E-state index is 10.5. The van der Waals surface area contributed by atoms with Crippen LogP contribution in [-0.2, 0) is 13.0 Å². The van der Waals surface area contributed by atoms with Gasteiger partial charge >= 0.3 is 0 Å². The molecule has 0 saturated carbocycles. The van der Waals surface area contributed by atoms with E-state index in [-0.39, 0.29) is 12.3 Å². The quantitative estimate of drug-likeness (QED) is 0.644. The molecule has 0 aliphatic carbocycles. The van der Waals surface area contributed by atoms with Crippen LogP contribution in [0.4, 0.5) is 5.69 Å². The number of hydrogen-bond acceptors (Lipinski definition) is 5. The first kappa shape index (κ1) is 14.0. The van der Waals surface area contributed by atoms with Crippen molar-refractivity contribution in [1.82, 2.24) is 4.98 Å². The van der Waals surface area contributed by atoms with Gasteiger partial charge in [-0.1, -0.05) is 12.1 Å². The molecule has 6 nitrogen and oxygen atoms in total. The second-order valence-corrected chi connectivity index (χ2v) is 4.17. The maximum absolute atomic E-state index is 10.5. The molecule has 0 saturated heterocycles. The van der Waals surface area contributed by atoms with E-state index in [1.807, 2.05) is 0 Å². The van der Waals surface area contributed by atoms with Gasteiger partial charge in [-0.3, -0.25) is 15.1 Å². The highest BCUT2D eigenvalue weighted by molar-refractivity contribution is 5.33. The topological polar surface area (TPSA) is 85.5 Å². The fourth-order valence-electron chi connectivity index (χ4n) is 1.66. The minimum atomic E-state index is -0.422. The summed E-state index contributed by atoms with van der Waals surface area (Å²) in [7, 11) is 0. The van der Waals surface area contributed by atoms with Gasteiger partial charge in [-0.05, 0) is 17.7 Å². The van der Waals surface area contributed by atoms with E-state index in [0.717, 1.165) is 5.56 Å². The Balaban J connectivity index is 1.84. The molecule has 0 aliphatic heterocycles. The number of pyridine rings is 1. The number of nitro benzene ring substituents is 1. The van der Waals surface area contributed by atoms with Crippen LogP contribution in [-0.4, -0.2) is 21.6 Å². The second kappa shape index (κ2) is 6.63. The lowest BCUT2D eigenvalue weighted by Gasteiger charge is -2.06. The molecule has 6 heteroatoms. The molecule has 1 aromatic heterocycles. The highest BCUT2D eigenvalue weighted by Crippen LogP contribution is 2.13. The number of ether oxygens (including phenoxy) is 1. The predicted molar refractivity (Wildman–Crippen MR) is 72.5 cm³/mol. The number of aromatic nitrogens is 1. The van der Waals surface area contributed by atoms with Gasteiger partial charge in [0.2, 0.25) is 0 Å². The molecule has 0 amide bonds. The summed E-state index contributed by atoms with van der Waals surface area (Å²) in [4.78, 5) is 14.1. The molecule has 104 valence electrons. The number of benzene rings is 1. The molecule has 2 rings (SSSR count). The molecular formula is C14H14N2O4. The minimum absolute atomic E-state index is 0.0819. The number of aliphatic hydroxyl groups is 1. The van der Waals surface area contributed by atoms with Crippen molar-refractivity contribution in [3.8, 4) is 5.75 Å². The molecule has 0 fully saturated rings. The molecule has 0 radical (unpaired) electrons. The van der Waals surface area contributed by atoms with Crippen LogP contribution >= 0.6 is 0 Å². The van der Waals surface area contributed by atoms with E-state index in [0.29, 0.717) is 24.5 Å². The molecule has 0 bridgehead atoms. The maximum Gasteiger partial charge on any atom is 0.269 e. The van der Waals surface area contributed by atoms with E-state index in [9.17, 15) is 10.1 Å². The molecule has 20 heavy (non-hydrogen) atoms. The smallest absolute Gasteiger partial charge is 0.269 e. The Labute approximate surface area is 115 Å². The average Bonchev–Trinajstić information content (AvgIpc) is 2.48. The standard InChI is InChI=1S/C14H14N2O4/c17-10-12-3-6-14(9-15-12)20-8-7-11-1-4-13(5-2-11)16(18)19/h1-6,9,17H,7-8,10H2. The van der Waals surface area contributed by atoms with Crippen LogP contribution in [0.15, 0.2) is 42.6 Å². The summed E-state index contributed by atoms with van der Waals surface area (Å²) in [5, 5.41) is 19.4. The van der Waals surface area contributed by atoms with Gasteiger partial charge in [-0.2, -0.15) is 0 Å². The molecule has 1 heterocycles. The third-order valence-corrected chi connectivity index (χ3v) is 2.77. The summed E-state index contributed by atoms with van der Waals surface area (Å²) in [5.41, 5.74) is 1.64. The van der Waals surface area contributed by atoms with Gasteiger partial charge in [0.05, 0.1) is 30.0 Å². The molecule has 0 atom stereocenters. The number of nitrogens with zero attached hydrogens (tertiary/aromatic N) is 2. The fraction of sp³-hybridized carbons (Fsp3) is 0.214. The minimum Gasteiger partial charge on any atom is -0.492 e. The number of nitro groups is 1. The van der Waals surface area contributed by atoms with Gasteiger partial charge in [0.25, 0.3) is 5.69 Å². The third kappa shape index (κ3) is 3.76. The summed E-state index contributed by atoms with van der Waals surface area (Å²) in [6, 6.07) is 9.83. The summed E-state index contributed by atoms with van der Waals surface area (Å²) in [6.45, 7) is 0.362. The molecule has 0 spiro atoms. The van der Waals surface area contributed by atoms with Crippen molar-refractivity contribution in [2.75, 3.05) is 6.61 Å². The Morgan fingerprint density at radius 1 is 1.20 bits per heavy atom. The Kier molecular flexibility index (Phi) is 4.62. The highest BCUT2D eigenvalue weighted by Gasteiger charge is 2.04. The van der Waals surface area contributed by atoms with Crippen molar-refractivity contribution in [2.24, 2.45) is 0 Å². The monoisotopic (exact) mass is 274 g/mol. The van der Waals surface area contributed by atoms with Gasteiger partial charge in [0.15, 0.2) is 0 Å². The largest absolute Gasteiger partial charge is 0.492 e. The zero-order valence-corrected chi connectivity index (χ0v) is 10.7. The van der Waals surface area contributed by atoms with Crippen LogP contribution in [0.5, 0.6) is 5.75 Å². The summed E-state index contributed by atoms with van der Waals surface area (Å²) in [5.74, 6) is 0.629. The number of rotatable bonds is 6. The highest BCUT2D eigenvalue weighted by atomic mass is 16.6. The summed E-state index contributed by atoms with van der Waals surface area (Å²) < 4.78 is 5.51. The number of hydrogen-bond donors (Lipinski definition) is 1. The van der Waals surface area contributed by atoms with Crippen molar-refractivity contribution >= 4 is 5.69 Å². The van der Waals surface area contributed by atoms with Gasteiger partial charge in [0.1, 0.15) is 5.75 Å². The third-order valence-electron chi connectivity index (χ3n) is 2.77. The zero-order valence-electron chi connectivity index (χ0n) is 10.7. The van der Waals surface area contributed by atoms with Crippen molar-refractivity contribution < 1.29 is 14.8 Å². The molecule has 1 aromatic carbocycles. The second-order valence-electron chi connectivity index (χ2n) is 4.17. The van der Waals surface area contributed by atoms with Crippen molar-refractivity contribution in [3.63, 3.8) is 0 Å². The summed E-state index contributed by atoms with van der Waals surface area (Å²) in [6.07, 6.45) is 2.21. The molecule has 0 unspecified atom stereocenters. The van der Waals surface area contributed by atoms with Crippen LogP contribution in [0.25, 0.3) is 0 Å². The first-order valence-corrected chi connectivity index (χ1v) is 6.11. The molecule has 2 aromatic rings. The lowest BCUT2D eigenvalue weighted by molar-refractivity contribution is -0.384. The predicted octanol–water partition coefficient (Wildman–Crippen LogP) is 2.10. The van der Waals surface area contributed by atoms with Crippen LogP contribution in [0.1, 0.15) is 11.3 Å². The Morgan fingerprint density at radius 2 is 1.95 bits per heavy atom. The lowest BCUT2D eigenvalue weighted by Crippen LogP contribution is -2.02. The first-order chi connectivity index (χ1) is 9.69. The van der Waals surface area contributed by atoms with Gasteiger partial charge < -0.3 is 9.84 Å². The van der Waals surface area contributed by atoms with Crippen molar-refractivity contribution in [2.45, 2.75) is 13.0 Å². The van der Waals surface area contributed by atoms with Crippen LogP contribution < -0.4 is 4.74 Å².